The van der Waals surface area contributed by atoms with Crippen molar-refractivity contribution >= 4 is 27.2 Å². The monoisotopic (exact) mass is 242 g/mol. The van der Waals surface area contributed by atoms with Crippen molar-refractivity contribution in [2.45, 2.75) is 6.54 Å². The highest BCUT2D eigenvalue weighted by atomic mass is 32.1. The van der Waals surface area contributed by atoms with Crippen LogP contribution in [-0.2, 0) is 6.54 Å². The number of rotatable bonds is 3. The van der Waals surface area contributed by atoms with Gasteiger partial charge in [-0.2, -0.15) is 0 Å². The van der Waals surface area contributed by atoms with Crippen LogP contribution < -0.4 is 5.32 Å². The van der Waals surface area contributed by atoms with Gasteiger partial charge in [-0.1, -0.05) is 0 Å². The molecule has 2 heterocycles. The Labute approximate surface area is 102 Å². The summed E-state index contributed by atoms with van der Waals surface area (Å²) >= 11 is 1.65. The molecule has 0 bridgehead atoms. The summed E-state index contributed by atoms with van der Waals surface area (Å²) in [5.74, 6) is 0. The van der Waals surface area contributed by atoms with Crippen molar-refractivity contribution in [1.82, 2.24) is 15.0 Å². The van der Waals surface area contributed by atoms with E-state index in [0.717, 1.165) is 23.3 Å². The van der Waals surface area contributed by atoms with Crippen LogP contribution in [0.5, 0.6) is 0 Å². The molecule has 0 unspecified atom stereocenters. The third-order valence-electron chi connectivity index (χ3n) is 2.44. The van der Waals surface area contributed by atoms with Crippen LogP contribution in [0.1, 0.15) is 5.56 Å². The standard InChI is InChI=1S/C12H10N4S/c1-2-11-12(17-8-16-11)3-10(1)15-6-9-4-13-7-14-5-9/h1-5,7-8,15H,6H2. The molecule has 0 aliphatic carbocycles. The molecule has 1 aromatic carbocycles. The Balaban J connectivity index is 1.76. The number of nitrogens with zero attached hydrogens (tertiary/aromatic N) is 3. The van der Waals surface area contributed by atoms with Crippen molar-refractivity contribution in [3.8, 4) is 0 Å². The molecule has 0 atom stereocenters. The van der Waals surface area contributed by atoms with Crippen molar-refractivity contribution in [3.05, 3.63) is 48.0 Å². The van der Waals surface area contributed by atoms with Crippen LogP contribution in [0.15, 0.2) is 42.4 Å². The number of hydrogen-bond acceptors (Lipinski definition) is 5. The average molecular weight is 242 g/mol. The van der Waals surface area contributed by atoms with Gasteiger partial charge in [0, 0.05) is 30.2 Å². The number of nitrogens with one attached hydrogen (secondary N) is 1. The molecule has 2 aromatic heterocycles. The number of aromatic nitrogens is 3. The SMILES string of the molecule is c1ncc(CNc2ccc3ncsc3c2)cn1. The van der Waals surface area contributed by atoms with Crippen LogP contribution >= 0.6 is 11.3 Å². The van der Waals surface area contributed by atoms with Crippen molar-refractivity contribution in [2.24, 2.45) is 0 Å². The van der Waals surface area contributed by atoms with Gasteiger partial charge in [0.05, 0.1) is 15.7 Å². The van der Waals surface area contributed by atoms with Gasteiger partial charge in [-0.3, -0.25) is 0 Å². The van der Waals surface area contributed by atoms with Crippen LogP contribution in [-0.4, -0.2) is 15.0 Å². The molecular weight excluding hydrogens is 232 g/mol. The Morgan fingerprint density at radius 3 is 2.94 bits per heavy atom. The second-order valence-corrected chi connectivity index (χ2v) is 4.52. The van der Waals surface area contributed by atoms with Crippen molar-refractivity contribution < 1.29 is 0 Å². The maximum atomic E-state index is 4.25. The normalized spacial score (nSPS) is 10.6. The minimum absolute atomic E-state index is 0.727. The quantitative estimate of drug-likeness (QED) is 0.767. The summed E-state index contributed by atoms with van der Waals surface area (Å²) in [6.45, 7) is 0.727. The van der Waals surface area contributed by atoms with Gasteiger partial charge in [0.15, 0.2) is 0 Å². The van der Waals surface area contributed by atoms with E-state index in [-0.39, 0.29) is 0 Å². The van der Waals surface area contributed by atoms with E-state index in [2.05, 4.69) is 26.3 Å². The highest BCUT2D eigenvalue weighted by Crippen LogP contribution is 2.21. The Kier molecular flexibility index (Phi) is 2.67. The summed E-state index contributed by atoms with van der Waals surface area (Å²) in [6.07, 6.45) is 5.16. The minimum Gasteiger partial charge on any atom is -0.381 e. The van der Waals surface area contributed by atoms with Crippen molar-refractivity contribution in [2.75, 3.05) is 5.32 Å². The molecule has 0 aliphatic heterocycles. The lowest BCUT2D eigenvalue weighted by atomic mass is 10.3. The molecule has 0 saturated carbocycles. The maximum Gasteiger partial charge on any atom is 0.115 e. The summed E-state index contributed by atoms with van der Waals surface area (Å²) in [5.41, 5.74) is 5.06. The van der Waals surface area contributed by atoms with E-state index in [0.29, 0.717) is 0 Å². The second kappa shape index (κ2) is 4.47. The molecular formula is C12H10N4S. The summed E-state index contributed by atoms with van der Waals surface area (Å²) in [4.78, 5) is 12.2. The lowest BCUT2D eigenvalue weighted by Gasteiger charge is -2.05. The Hall–Kier alpha value is -2.01. The number of fused-ring (bicyclic) bond motifs is 1. The molecule has 0 saturated heterocycles. The first-order valence-corrected chi connectivity index (χ1v) is 6.11. The van der Waals surface area contributed by atoms with Gasteiger partial charge in [-0.25, -0.2) is 15.0 Å². The smallest absolute Gasteiger partial charge is 0.115 e. The van der Waals surface area contributed by atoms with Gasteiger partial charge in [0.25, 0.3) is 0 Å². The van der Waals surface area contributed by atoms with E-state index in [1.54, 1.807) is 11.3 Å². The molecule has 1 N–H and O–H groups in total. The first-order chi connectivity index (χ1) is 8.42. The molecule has 0 spiro atoms. The Morgan fingerprint density at radius 2 is 2.06 bits per heavy atom. The fourth-order valence-electron chi connectivity index (χ4n) is 1.59. The third-order valence-corrected chi connectivity index (χ3v) is 3.23. The van der Waals surface area contributed by atoms with Gasteiger partial charge in [0.1, 0.15) is 6.33 Å². The highest BCUT2D eigenvalue weighted by molar-refractivity contribution is 7.16. The van der Waals surface area contributed by atoms with Gasteiger partial charge in [-0.15, -0.1) is 11.3 Å². The lowest BCUT2D eigenvalue weighted by molar-refractivity contribution is 1.05. The van der Waals surface area contributed by atoms with Crippen LogP contribution in [0.25, 0.3) is 10.2 Å². The topological polar surface area (TPSA) is 50.7 Å². The number of hydrogen-bond donors (Lipinski definition) is 1. The van der Waals surface area contributed by atoms with E-state index in [1.165, 1.54) is 11.0 Å². The summed E-state index contributed by atoms with van der Waals surface area (Å²) in [5, 5.41) is 3.34. The van der Waals surface area contributed by atoms with Crippen molar-refractivity contribution in [3.63, 3.8) is 0 Å². The molecule has 3 rings (SSSR count). The largest absolute Gasteiger partial charge is 0.381 e. The summed E-state index contributed by atoms with van der Waals surface area (Å²) in [6, 6.07) is 6.16. The van der Waals surface area contributed by atoms with E-state index >= 15 is 0 Å². The Morgan fingerprint density at radius 1 is 1.18 bits per heavy atom. The molecule has 3 aromatic rings. The molecule has 0 radical (unpaired) electrons. The van der Waals surface area contributed by atoms with Gasteiger partial charge in [-0.05, 0) is 18.2 Å². The van der Waals surface area contributed by atoms with E-state index in [4.69, 9.17) is 0 Å². The van der Waals surface area contributed by atoms with Crippen LogP contribution in [0, 0.1) is 0 Å². The van der Waals surface area contributed by atoms with Crippen LogP contribution in [0.2, 0.25) is 0 Å². The molecule has 0 amide bonds. The predicted octanol–water partition coefficient (Wildman–Crippen LogP) is 2.70. The van der Waals surface area contributed by atoms with Gasteiger partial charge in [0.2, 0.25) is 0 Å². The molecule has 0 fully saturated rings. The number of anilines is 1. The molecule has 17 heavy (non-hydrogen) atoms. The molecule has 4 nitrogen and oxygen atoms in total. The van der Waals surface area contributed by atoms with E-state index < -0.39 is 0 Å². The molecule has 5 heteroatoms. The fourth-order valence-corrected chi connectivity index (χ4v) is 2.31. The second-order valence-electron chi connectivity index (χ2n) is 3.64. The molecule has 0 aliphatic rings. The summed E-state index contributed by atoms with van der Waals surface area (Å²) in [7, 11) is 0. The lowest BCUT2D eigenvalue weighted by Crippen LogP contribution is -1.99. The molecule has 84 valence electrons. The zero-order valence-electron chi connectivity index (χ0n) is 9.00. The number of benzene rings is 1. The van der Waals surface area contributed by atoms with Crippen LogP contribution in [0.4, 0.5) is 5.69 Å². The minimum atomic E-state index is 0.727. The average Bonchev–Trinajstić information content (AvgIpc) is 2.85. The maximum absolute atomic E-state index is 4.25. The zero-order chi connectivity index (χ0) is 11.5. The fraction of sp³-hybridized carbons (Fsp3) is 0.0833. The Bertz CT molecular complexity index is 620. The van der Waals surface area contributed by atoms with Gasteiger partial charge < -0.3 is 5.32 Å². The van der Waals surface area contributed by atoms with E-state index in [9.17, 15) is 0 Å². The summed E-state index contributed by atoms with van der Waals surface area (Å²) < 4.78 is 1.19. The first kappa shape index (κ1) is 10.2. The van der Waals surface area contributed by atoms with Crippen molar-refractivity contribution in [1.29, 1.82) is 0 Å². The third kappa shape index (κ3) is 2.24. The zero-order valence-corrected chi connectivity index (χ0v) is 9.81. The number of thiazole rings is 1. The highest BCUT2D eigenvalue weighted by Gasteiger charge is 1.99. The van der Waals surface area contributed by atoms with E-state index in [1.807, 2.05) is 30.0 Å². The van der Waals surface area contributed by atoms with Gasteiger partial charge >= 0.3 is 0 Å². The van der Waals surface area contributed by atoms with Crippen LogP contribution in [0.3, 0.4) is 0 Å². The predicted molar refractivity (Wildman–Crippen MR) is 69.0 cm³/mol. The first-order valence-electron chi connectivity index (χ1n) is 5.23.